The van der Waals surface area contributed by atoms with Crippen LogP contribution in [0.1, 0.15) is 8.35 Å². The monoisotopic (exact) mass is 194 g/mol. The zero-order valence-electron chi connectivity index (χ0n) is 7.10. The van der Waals surface area contributed by atoms with Crippen LogP contribution >= 0.6 is 0 Å². The Balaban J connectivity index is -0.000000405. The molecule has 1 N–H and O–H groups in total. The van der Waals surface area contributed by atoms with Crippen LogP contribution in [0.4, 0.5) is 4.79 Å². The van der Waals surface area contributed by atoms with E-state index in [2.05, 4.69) is 8.92 Å². The van der Waals surface area contributed by atoms with Crippen molar-refractivity contribution in [3.05, 3.63) is 0 Å². The average molecular weight is 194 g/mol. The second-order valence-electron chi connectivity index (χ2n) is 1.19. The van der Waals surface area contributed by atoms with E-state index in [1.165, 1.54) is 6.92 Å². The van der Waals surface area contributed by atoms with Gasteiger partial charge in [-0.05, 0) is 6.92 Å². The maximum Gasteiger partial charge on any atom is 1.00 e. The third kappa shape index (κ3) is 10.2. The summed E-state index contributed by atoms with van der Waals surface area (Å²) < 4.78 is 34.7. The van der Waals surface area contributed by atoms with Crippen LogP contribution in [0.2, 0.25) is 0 Å². The van der Waals surface area contributed by atoms with Crippen LogP contribution in [0, 0.1) is 0 Å². The van der Waals surface area contributed by atoms with E-state index in [1.54, 1.807) is 0 Å². The molecule has 0 atom stereocenters. The van der Waals surface area contributed by atoms with Crippen LogP contribution in [0.25, 0.3) is 0 Å². The quantitative estimate of drug-likeness (QED) is 0.288. The van der Waals surface area contributed by atoms with E-state index in [9.17, 15) is 13.2 Å². The van der Waals surface area contributed by atoms with Crippen molar-refractivity contribution in [3.8, 4) is 0 Å². The predicted octanol–water partition coefficient (Wildman–Crippen LogP) is -2.92. The third-order valence-electron chi connectivity index (χ3n) is 0.436. The summed E-state index contributed by atoms with van der Waals surface area (Å²) in [6.07, 6.45) is -1.44. The van der Waals surface area contributed by atoms with Gasteiger partial charge >= 0.3 is 46.1 Å². The smallest absolute Gasteiger partial charge is 1.00 e. The Kier molecular flexibility index (Phi) is 7.23. The second kappa shape index (κ2) is 5.78. The first kappa shape index (κ1) is 13.7. The van der Waals surface area contributed by atoms with Gasteiger partial charge < -0.3 is 6.16 Å². The first-order valence-corrected chi connectivity index (χ1v) is 3.66. The van der Waals surface area contributed by atoms with Gasteiger partial charge in [0.05, 0.1) is 6.61 Å². The van der Waals surface area contributed by atoms with E-state index >= 15 is 0 Å². The fraction of sp³-hybridized carbons (Fsp3) is 0.667. The molecule has 0 radical (unpaired) electrons. The fourth-order valence-corrected chi connectivity index (χ4v) is 0.448. The van der Waals surface area contributed by atoms with E-state index in [0.717, 1.165) is 0 Å². The number of carbonyl (C=O) groups is 1. The number of hydrogen-bond acceptors (Lipinski definition) is 5. The van der Waals surface area contributed by atoms with Gasteiger partial charge in [-0.15, -0.1) is 0 Å². The van der Waals surface area contributed by atoms with Crippen molar-refractivity contribution < 1.29 is 57.7 Å². The SMILES string of the molecule is CCOC(=O)OS(=O)(=O)O.[H-].[Na+]. The summed E-state index contributed by atoms with van der Waals surface area (Å²) in [6, 6.07) is 0. The molecule has 0 bridgehead atoms. The van der Waals surface area contributed by atoms with E-state index in [0.29, 0.717) is 0 Å². The largest absolute Gasteiger partial charge is 1.00 e. The second-order valence-corrected chi connectivity index (χ2v) is 2.22. The molecule has 0 spiro atoms. The predicted molar refractivity (Wildman–Crippen MR) is 30.8 cm³/mol. The van der Waals surface area contributed by atoms with Crippen molar-refractivity contribution in [1.82, 2.24) is 0 Å². The van der Waals surface area contributed by atoms with Gasteiger partial charge in [0, 0.05) is 0 Å². The first-order chi connectivity index (χ1) is 4.45. The minimum Gasteiger partial charge on any atom is -1.00 e. The summed E-state index contributed by atoms with van der Waals surface area (Å²) in [5.41, 5.74) is 0. The Hall–Kier alpha value is 0.180. The molecule has 11 heavy (non-hydrogen) atoms. The van der Waals surface area contributed by atoms with E-state index in [4.69, 9.17) is 4.55 Å². The summed E-state index contributed by atoms with van der Waals surface area (Å²) >= 11 is 0. The molecule has 0 saturated heterocycles. The van der Waals surface area contributed by atoms with Crippen molar-refractivity contribution in [2.45, 2.75) is 6.92 Å². The van der Waals surface area contributed by atoms with Gasteiger partial charge in [0.1, 0.15) is 0 Å². The number of carbonyl (C=O) groups excluding carboxylic acids is 1. The molecule has 0 heterocycles. The first-order valence-electron chi connectivity index (χ1n) is 2.29. The van der Waals surface area contributed by atoms with Gasteiger partial charge in [0.15, 0.2) is 0 Å². The number of rotatable bonds is 2. The molecule has 0 aliphatic heterocycles. The summed E-state index contributed by atoms with van der Waals surface area (Å²) in [5, 5.41) is 0. The Morgan fingerprint density at radius 1 is 1.64 bits per heavy atom. The summed E-state index contributed by atoms with van der Waals surface area (Å²) in [7, 11) is -4.72. The maximum absolute atomic E-state index is 10.1. The normalized spacial score (nSPS) is 9.64. The molecule has 0 rings (SSSR count). The van der Waals surface area contributed by atoms with Crippen LogP contribution in [-0.4, -0.2) is 25.7 Å². The molecule has 0 aromatic heterocycles. The van der Waals surface area contributed by atoms with Gasteiger partial charge in [-0.25, -0.2) is 4.79 Å². The maximum atomic E-state index is 10.1. The van der Waals surface area contributed by atoms with Gasteiger partial charge in [-0.2, -0.15) is 8.42 Å². The molecule has 0 aromatic rings. The van der Waals surface area contributed by atoms with Crippen LogP contribution in [0.3, 0.4) is 0 Å². The summed E-state index contributed by atoms with van der Waals surface area (Å²) in [4.78, 5) is 10.1. The van der Waals surface area contributed by atoms with Crippen LogP contribution in [0.15, 0.2) is 0 Å². The zero-order valence-corrected chi connectivity index (χ0v) is 8.92. The average Bonchev–Trinajstić information content (AvgIpc) is 1.59. The Morgan fingerprint density at radius 3 is 2.36 bits per heavy atom. The fourth-order valence-electron chi connectivity index (χ4n) is 0.228. The van der Waals surface area contributed by atoms with Gasteiger partial charge in [0.2, 0.25) is 0 Å². The van der Waals surface area contributed by atoms with Gasteiger partial charge in [0.25, 0.3) is 0 Å². The molecular weight excluding hydrogens is 187 g/mol. The minimum absolute atomic E-state index is 0. The molecule has 0 aliphatic carbocycles. The number of hydrogen-bond donors (Lipinski definition) is 1. The Labute approximate surface area is 87.6 Å². The summed E-state index contributed by atoms with van der Waals surface area (Å²) in [5.74, 6) is 0. The molecule has 0 aromatic carbocycles. The van der Waals surface area contributed by atoms with Crippen LogP contribution in [0.5, 0.6) is 0 Å². The van der Waals surface area contributed by atoms with Crippen molar-refractivity contribution in [1.29, 1.82) is 0 Å². The minimum atomic E-state index is -4.72. The zero-order chi connectivity index (χ0) is 8.20. The molecule has 62 valence electrons. The van der Waals surface area contributed by atoms with E-state index in [-0.39, 0.29) is 37.6 Å². The molecule has 0 fully saturated rings. The molecule has 8 heteroatoms. The molecule has 0 aliphatic rings. The Morgan fingerprint density at radius 2 is 2.09 bits per heavy atom. The van der Waals surface area contributed by atoms with Crippen molar-refractivity contribution in [2.75, 3.05) is 6.61 Å². The van der Waals surface area contributed by atoms with Gasteiger partial charge in [-0.3, -0.25) is 8.74 Å². The molecule has 0 amide bonds. The number of ether oxygens (including phenoxy) is 1. The topological polar surface area (TPSA) is 89.9 Å². The molecule has 0 saturated carbocycles. The van der Waals surface area contributed by atoms with E-state index in [1.807, 2.05) is 0 Å². The third-order valence-corrected chi connectivity index (χ3v) is 0.782. The van der Waals surface area contributed by atoms with Crippen LogP contribution < -0.4 is 29.6 Å². The molecule has 6 nitrogen and oxygen atoms in total. The van der Waals surface area contributed by atoms with E-state index < -0.39 is 16.6 Å². The van der Waals surface area contributed by atoms with Crippen LogP contribution in [-0.2, 0) is 19.3 Å². The van der Waals surface area contributed by atoms with Gasteiger partial charge in [-0.1, -0.05) is 0 Å². The van der Waals surface area contributed by atoms with Crippen molar-refractivity contribution in [2.24, 2.45) is 0 Å². The molecule has 0 unspecified atom stereocenters. The summed E-state index contributed by atoms with van der Waals surface area (Å²) in [6.45, 7) is 1.44. The molecular formula is C3H7NaO6S. The Bertz CT molecular complexity index is 213. The van der Waals surface area contributed by atoms with Crippen molar-refractivity contribution >= 4 is 16.6 Å². The standard InChI is InChI=1S/C3H6O6S.Na.H/c1-2-8-3(4)9-10(5,6)7;;/h2H2,1H3,(H,5,6,7);;/q;+1;-1. The van der Waals surface area contributed by atoms with Crippen molar-refractivity contribution in [3.63, 3.8) is 0 Å².